The summed E-state index contributed by atoms with van der Waals surface area (Å²) in [6.07, 6.45) is 6.83. The van der Waals surface area contributed by atoms with Crippen LogP contribution in [0.5, 0.6) is 0 Å². The number of halogens is 1. The van der Waals surface area contributed by atoms with Crippen molar-refractivity contribution in [2.75, 3.05) is 5.32 Å². The molecule has 1 N–H and O–H groups in total. The third kappa shape index (κ3) is 4.87. The lowest BCUT2D eigenvalue weighted by molar-refractivity contribution is -0.104. The number of hydrogen-bond acceptors (Lipinski definition) is 5. The summed E-state index contributed by atoms with van der Waals surface area (Å²) in [7, 11) is 0. The van der Waals surface area contributed by atoms with Crippen molar-refractivity contribution in [1.29, 1.82) is 0 Å². The van der Waals surface area contributed by atoms with E-state index in [-0.39, 0.29) is 0 Å². The van der Waals surface area contributed by atoms with Crippen molar-refractivity contribution in [1.82, 2.24) is 9.97 Å². The fourth-order valence-electron chi connectivity index (χ4n) is 2.23. The summed E-state index contributed by atoms with van der Waals surface area (Å²) < 4.78 is 0.700. The molecule has 4 nitrogen and oxygen atoms in total. The van der Waals surface area contributed by atoms with Crippen molar-refractivity contribution in [3.8, 4) is 10.7 Å². The van der Waals surface area contributed by atoms with E-state index in [0.717, 1.165) is 40.4 Å². The van der Waals surface area contributed by atoms with E-state index in [1.54, 1.807) is 25.2 Å². The van der Waals surface area contributed by atoms with E-state index >= 15 is 0 Å². The molecule has 2 heterocycles. The minimum atomic E-state index is 0.629. The predicted molar refractivity (Wildman–Crippen MR) is 106 cm³/mol. The van der Waals surface area contributed by atoms with Gasteiger partial charge >= 0.3 is 0 Å². The van der Waals surface area contributed by atoms with E-state index in [1.165, 1.54) is 11.3 Å². The zero-order chi connectivity index (χ0) is 18.4. The van der Waals surface area contributed by atoms with Gasteiger partial charge in [-0.15, -0.1) is 11.3 Å². The zero-order valence-electron chi connectivity index (χ0n) is 14.5. The molecule has 0 saturated carbocycles. The molecule has 0 bridgehead atoms. The minimum Gasteiger partial charge on any atom is -0.340 e. The van der Waals surface area contributed by atoms with Gasteiger partial charge in [0.2, 0.25) is 0 Å². The second kappa shape index (κ2) is 8.74. The van der Waals surface area contributed by atoms with Crippen molar-refractivity contribution in [3.05, 3.63) is 63.8 Å². The molecule has 0 aliphatic heterocycles. The van der Waals surface area contributed by atoms with E-state index in [4.69, 9.17) is 11.6 Å². The highest BCUT2D eigenvalue weighted by Crippen LogP contribution is 2.31. The van der Waals surface area contributed by atoms with Gasteiger partial charge in [0.05, 0.1) is 9.21 Å². The number of rotatable bonds is 7. The standard InChI is InChI=1S/C19H20ClN3OS/c1-5-14(8-7-12(3)11-24)22-18-15(6-2)13(4)21-19(23-18)16-9-10-17(20)25-16/h5,7-11H,1,6H2,2-4H3,(H,21,22,23)/b12-7+,14-8+. The highest BCUT2D eigenvalue weighted by molar-refractivity contribution is 7.19. The Morgan fingerprint density at radius 1 is 1.36 bits per heavy atom. The van der Waals surface area contributed by atoms with Gasteiger partial charge in [-0.25, -0.2) is 9.97 Å². The zero-order valence-corrected chi connectivity index (χ0v) is 16.0. The van der Waals surface area contributed by atoms with Crippen LogP contribution in [-0.4, -0.2) is 16.3 Å². The number of nitrogens with one attached hydrogen (secondary N) is 1. The van der Waals surface area contributed by atoms with Crippen molar-refractivity contribution >= 4 is 35.0 Å². The number of carbonyl (C=O) groups excluding carboxylic acids is 1. The van der Waals surface area contributed by atoms with Crippen LogP contribution in [0.1, 0.15) is 25.1 Å². The summed E-state index contributed by atoms with van der Waals surface area (Å²) in [4.78, 5) is 20.9. The van der Waals surface area contributed by atoms with Crippen LogP contribution >= 0.6 is 22.9 Å². The number of allylic oxidation sites excluding steroid dienone is 4. The average Bonchev–Trinajstić information content (AvgIpc) is 3.04. The molecule has 6 heteroatoms. The van der Waals surface area contributed by atoms with Crippen molar-refractivity contribution in [2.45, 2.75) is 27.2 Å². The van der Waals surface area contributed by atoms with Crippen LogP contribution in [0.2, 0.25) is 4.34 Å². The van der Waals surface area contributed by atoms with E-state index in [9.17, 15) is 4.79 Å². The summed E-state index contributed by atoms with van der Waals surface area (Å²) in [5.74, 6) is 1.37. The van der Waals surface area contributed by atoms with E-state index < -0.39 is 0 Å². The average molecular weight is 374 g/mol. The number of aryl methyl sites for hydroxylation is 1. The second-order valence-electron chi connectivity index (χ2n) is 5.40. The maximum Gasteiger partial charge on any atom is 0.171 e. The smallest absolute Gasteiger partial charge is 0.171 e. The van der Waals surface area contributed by atoms with Gasteiger partial charge in [-0.05, 0) is 50.1 Å². The number of thiophene rings is 1. The molecule has 2 rings (SSSR count). The van der Waals surface area contributed by atoms with Crippen LogP contribution < -0.4 is 5.32 Å². The van der Waals surface area contributed by atoms with Gasteiger partial charge < -0.3 is 5.32 Å². The van der Waals surface area contributed by atoms with Gasteiger partial charge in [-0.2, -0.15) is 0 Å². The first kappa shape index (κ1) is 19.1. The summed E-state index contributed by atoms with van der Waals surface area (Å²) in [6.45, 7) is 9.59. The Balaban J connectivity index is 2.46. The Bertz CT molecular complexity index is 852. The normalized spacial score (nSPS) is 12.2. The molecule has 2 aromatic rings. The van der Waals surface area contributed by atoms with Gasteiger partial charge in [0, 0.05) is 17.0 Å². The molecule has 2 aromatic heterocycles. The highest BCUT2D eigenvalue weighted by atomic mass is 35.5. The SMILES string of the molecule is C=C/C(=C\C=C(/C)C=O)Nc1nc(-c2ccc(Cl)s2)nc(C)c1CC. The number of aromatic nitrogens is 2. The Kier molecular flexibility index (Phi) is 6.67. The Hall–Kier alpha value is -2.24. The molecule has 0 spiro atoms. The van der Waals surface area contributed by atoms with Crippen molar-refractivity contribution in [2.24, 2.45) is 0 Å². The molecule has 0 fully saturated rings. The van der Waals surface area contributed by atoms with Crippen molar-refractivity contribution < 1.29 is 4.79 Å². The number of anilines is 1. The first-order valence-corrected chi connectivity index (χ1v) is 9.04. The summed E-state index contributed by atoms with van der Waals surface area (Å²) in [5, 5.41) is 3.29. The Labute approximate surface area is 157 Å². The van der Waals surface area contributed by atoms with Gasteiger partial charge in [0.15, 0.2) is 5.82 Å². The molecule has 0 saturated heterocycles. The van der Waals surface area contributed by atoms with Crippen LogP contribution in [0.4, 0.5) is 5.82 Å². The van der Waals surface area contributed by atoms with Crippen LogP contribution in [0, 0.1) is 6.92 Å². The van der Waals surface area contributed by atoms with E-state index in [1.807, 2.05) is 19.1 Å². The number of aldehydes is 1. The molecule has 0 radical (unpaired) electrons. The lowest BCUT2D eigenvalue weighted by Gasteiger charge is -2.14. The molecule has 0 amide bonds. The highest BCUT2D eigenvalue weighted by Gasteiger charge is 2.13. The van der Waals surface area contributed by atoms with Crippen molar-refractivity contribution in [3.63, 3.8) is 0 Å². The van der Waals surface area contributed by atoms with Gasteiger partial charge in [0.25, 0.3) is 0 Å². The Morgan fingerprint density at radius 2 is 2.12 bits per heavy atom. The number of nitrogens with zero attached hydrogens (tertiary/aromatic N) is 2. The molecular weight excluding hydrogens is 354 g/mol. The lowest BCUT2D eigenvalue weighted by Crippen LogP contribution is -2.07. The van der Waals surface area contributed by atoms with Crippen LogP contribution in [0.25, 0.3) is 10.7 Å². The molecule has 0 unspecified atom stereocenters. The van der Waals surface area contributed by atoms with Crippen LogP contribution in [-0.2, 0) is 11.2 Å². The molecule has 0 atom stereocenters. The third-order valence-corrected chi connectivity index (χ3v) is 4.78. The molecule has 25 heavy (non-hydrogen) atoms. The summed E-state index contributed by atoms with van der Waals surface area (Å²) >= 11 is 7.47. The summed E-state index contributed by atoms with van der Waals surface area (Å²) in [5.41, 5.74) is 3.34. The van der Waals surface area contributed by atoms with E-state index in [0.29, 0.717) is 15.7 Å². The fourth-order valence-corrected chi connectivity index (χ4v) is 3.20. The van der Waals surface area contributed by atoms with E-state index in [2.05, 4.69) is 28.8 Å². The monoisotopic (exact) mass is 373 g/mol. The predicted octanol–water partition coefficient (Wildman–Crippen LogP) is 5.36. The fraction of sp³-hybridized carbons (Fsp3) is 0.211. The van der Waals surface area contributed by atoms with Crippen LogP contribution in [0.15, 0.2) is 48.2 Å². The first-order valence-electron chi connectivity index (χ1n) is 7.84. The first-order chi connectivity index (χ1) is 12.0. The number of carbonyl (C=O) groups is 1. The molecule has 0 aliphatic rings. The largest absolute Gasteiger partial charge is 0.340 e. The van der Waals surface area contributed by atoms with Gasteiger partial charge in [-0.3, -0.25) is 4.79 Å². The quantitative estimate of drug-likeness (QED) is 0.403. The topological polar surface area (TPSA) is 54.9 Å². The van der Waals surface area contributed by atoms with Crippen LogP contribution in [0.3, 0.4) is 0 Å². The van der Waals surface area contributed by atoms with Gasteiger partial charge in [0.1, 0.15) is 12.1 Å². The van der Waals surface area contributed by atoms with Gasteiger partial charge in [-0.1, -0.05) is 31.2 Å². The lowest BCUT2D eigenvalue weighted by atomic mass is 10.1. The second-order valence-corrected chi connectivity index (χ2v) is 7.11. The molecule has 0 aliphatic carbocycles. The Morgan fingerprint density at radius 3 is 2.68 bits per heavy atom. The molecule has 130 valence electrons. The number of hydrogen-bond donors (Lipinski definition) is 1. The molecular formula is C19H20ClN3OS. The summed E-state index contributed by atoms with van der Waals surface area (Å²) in [6, 6.07) is 3.75. The third-order valence-electron chi connectivity index (χ3n) is 3.56. The maximum atomic E-state index is 10.7. The maximum absolute atomic E-state index is 10.7. The molecule has 0 aromatic carbocycles. The minimum absolute atomic E-state index is 0.629.